The molecule has 2 rings (SSSR count). The van der Waals surface area contributed by atoms with Gasteiger partial charge in [-0.2, -0.15) is 11.8 Å². The van der Waals surface area contributed by atoms with E-state index in [0.29, 0.717) is 24.3 Å². The van der Waals surface area contributed by atoms with Gasteiger partial charge in [-0.05, 0) is 19.4 Å². The van der Waals surface area contributed by atoms with E-state index in [1.165, 1.54) is 6.42 Å². The van der Waals surface area contributed by atoms with Gasteiger partial charge in [0.2, 0.25) is 5.88 Å². The summed E-state index contributed by atoms with van der Waals surface area (Å²) in [6.45, 7) is 7.64. The average Bonchev–Trinajstić information content (AvgIpc) is 2.57. The lowest BCUT2D eigenvalue weighted by molar-refractivity contribution is 0.322. The lowest BCUT2D eigenvalue weighted by Gasteiger charge is -2.34. The van der Waals surface area contributed by atoms with Crippen LogP contribution in [-0.4, -0.2) is 53.6 Å². The normalized spacial score (nSPS) is 18.3. The number of ether oxygens (including phenoxy) is 1. The van der Waals surface area contributed by atoms with E-state index >= 15 is 0 Å². The minimum atomic E-state index is 0. The fraction of sp³-hybridized carbons (Fsp3) is 0.625. The van der Waals surface area contributed by atoms with Gasteiger partial charge < -0.3 is 15.0 Å². The van der Waals surface area contributed by atoms with E-state index in [1.807, 2.05) is 26.1 Å². The number of thioether (sulfide) groups is 1. The van der Waals surface area contributed by atoms with Crippen LogP contribution in [0, 0.1) is 0 Å². The van der Waals surface area contributed by atoms with E-state index in [2.05, 4.69) is 38.9 Å². The molecule has 1 unspecified atom stereocenters. The quantitative estimate of drug-likeness (QED) is 0.425. The Labute approximate surface area is 160 Å². The van der Waals surface area contributed by atoms with Crippen LogP contribution in [0.4, 0.5) is 0 Å². The van der Waals surface area contributed by atoms with Crippen LogP contribution in [0.1, 0.15) is 25.8 Å². The Morgan fingerprint density at radius 2 is 2.35 bits per heavy atom. The summed E-state index contributed by atoms with van der Waals surface area (Å²) in [7, 11) is 1.84. The molecule has 0 radical (unpaired) electrons. The number of aliphatic imine (C=N–C) groups is 1. The van der Waals surface area contributed by atoms with Gasteiger partial charge >= 0.3 is 0 Å². The van der Waals surface area contributed by atoms with Crippen LogP contribution in [0.25, 0.3) is 0 Å². The highest BCUT2D eigenvalue weighted by atomic mass is 127. The van der Waals surface area contributed by atoms with Gasteiger partial charge in [0.25, 0.3) is 0 Å². The van der Waals surface area contributed by atoms with Crippen molar-refractivity contribution in [2.24, 2.45) is 4.99 Å². The summed E-state index contributed by atoms with van der Waals surface area (Å²) >= 11 is 2.06. The summed E-state index contributed by atoms with van der Waals surface area (Å²) in [5, 5.41) is 4.14. The topological polar surface area (TPSA) is 49.8 Å². The second-order valence-corrected chi connectivity index (χ2v) is 6.56. The van der Waals surface area contributed by atoms with E-state index in [0.717, 1.165) is 30.4 Å². The molecule has 1 fully saturated rings. The second-order valence-electron chi connectivity index (χ2n) is 5.15. The zero-order valence-electron chi connectivity index (χ0n) is 14.1. The minimum absolute atomic E-state index is 0. The molecule has 0 spiro atoms. The van der Waals surface area contributed by atoms with Crippen LogP contribution in [0.15, 0.2) is 23.3 Å². The van der Waals surface area contributed by atoms with Gasteiger partial charge in [-0.1, -0.05) is 13.0 Å². The smallest absolute Gasteiger partial charge is 0.218 e. The predicted molar refractivity (Wildman–Crippen MR) is 109 cm³/mol. The van der Waals surface area contributed by atoms with Crippen molar-refractivity contribution in [3.63, 3.8) is 0 Å². The molecule has 1 aromatic heterocycles. The molecule has 1 atom stereocenters. The molecule has 0 amide bonds. The molecule has 0 saturated carbocycles. The molecule has 5 nitrogen and oxygen atoms in total. The van der Waals surface area contributed by atoms with Gasteiger partial charge in [0.05, 0.1) is 6.61 Å². The molecular formula is C16H27IN4OS. The Kier molecular flexibility index (Phi) is 9.69. The van der Waals surface area contributed by atoms with Crippen molar-refractivity contribution in [2.75, 3.05) is 32.5 Å². The molecule has 1 saturated heterocycles. The molecule has 130 valence electrons. The molecule has 7 heteroatoms. The van der Waals surface area contributed by atoms with Gasteiger partial charge in [-0.15, -0.1) is 24.0 Å². The predicted octanol–water partition coefficient (Wildman–Crippen LogP) is 3.00. The van der Waals surface area contributed by atoms with Gasteiger partial charge in [0.1, 0.15) is 0 Å². The number of guanidine groups is 1. The van der Waals surface area contributed by atoms with Gasteiger partial charge in [-0.25, -0.2) is 4.98 Å². The molecule has 1 aliphatic rings. The third kappa shape index (κ3) is 6.02. The molecule has 0 aromatic carbocycles. The Bertz CT molecular complexity index is 501. The maximum atomic E-state index is 5.57. The summed E-state index contributed by atoms with van der Waals surface area (Å²) in [6.07, 6.45) is 2.96. The first-order valence-electron chi connectivity index (χ1n) is 7.92. The molecule has 2 heterocycles. The maximum absolute atomic E-state index is 5.57. The van der Waals surface area contributed by atoms with Crippen molar-refractivity contribution >= 4 is 41.7 Å². The number of nitrogens with one attached hydrogen (secondary N) is 1. The zero-order chi connectivity index (χ0) is 15.8. The van der Waals surface area contributed by atoms with E-state index in [4.69, 9.17) is 4.74 Å². The highest BCUT2D eigenvalue weighted by Gasteiger charge is 2.21. The van der Waals surface area contributed by atoms with Crippen LogP contribution in [0.2, 0.25) is 0 Å². The van der Waals surface area contributed by atoms with Gasteiger partial charge in [-0.3, -0.25) is 4.99 Å². The van der Waals surface area contributed by atoms with Crippen LogP contribution < -0.4 is 10.1 Å². The molecule has 0 bridgehead atoms. The van der Waals surface area contributed by atoms with Crippen LogP contribution in [0.3, 0.4) is 0 Å². The van der Waals surface area contributed by atoms with Gasteiger partial charge in [0.15, 0.2) is 5.96 Å². The number of hydrogen-bond donors (Lipinski definition) is 1. The fourth-order valence-corrected chi connectivity index (χ4v) is 3.67. The van der Waals surface area contributed by atoms with E-state index in [1.54, 1.807) is 6.20 Å². The Morgan fingerprint density at radius 1 is 1.52 bits per heavy atom. The van der Waals surface area contributed by atoms with Crippen molar-refractivity contribution in [1.82, 2.24) is 15.2 Å². The maximum Gasteiger partial charge on any atom is 0.218 e. The number of aromatic nitrogens is 1. The van der Waals surface area contributed by atoms with Crippen molar-refractivity contribution in [2.45, 2.75) is 32.1 Å². The molecule has 1 N–H and O–H groups in total. The molecular weight excluding hydrogens is 423 g/mol. The van der Waals surface area contributed by atoms with Crippen molar-refractivity contribution in [1.29, 1.82) is 0 Å². The van der Waals surface area contributed by atoms with Crippen LogP contribution in [-0.2, 0) is 6.54 Å². The zero-order valence-corrected chi connectivity index (χ0v) is 17.3. The number of hydrogen-bond acceptors (Lipinski definition) is 4. The van der Waals surface area contributed by atoms with E-state index < -0.39 is 0 Å². The summed E-state index contributed by atoms with van der Waals surface area (Å²) in [5.74, 6) is 2.83. The lowest BCUT2D eigenvalue weighted by Crippen LogP contribution is -2.47. The lowest BCUT2D eigenvalue weighted by atomic mass is 10.2. The number of nitrogens with zero attached hydrogens (tertiary/aromatic N) is 3. The van der Waals surface area contributed by atoms with E-state index in [-0.39, 0.29) is 24.0 Å². The first kappa shape index (κ1) is 20.3. The van der Waals surface area contributed by atoms with Crippen molar-refractivity contribution < 1.29 is 4.74 Å². The Balaban J connectivity index is 0.00000264. The minimum Gasteiger partial charge on any atom is -0.478 e. The summed E-state index contributed by atoms with van der Waals surface area (Å²) in [4.78, 5) is 11.1. The first-order chi connectivity index (χ1) is 10.8. The number of halogens is 1. The third-order valence-corrected chi connectivity index (χ3v) is 5.05. The van der Waals surface area contributed by atoms with Gasteiger partial charge in [0, 0.05) is 49.4 Å². The summed E-state index contributed by atoms with van der Waals surface area (Å²) in [5.41, 5.74) is 1.06. The standard InChI is InChI=1S/C16H26N4OS.HI/c1-4-14-12-20(9-10-22-14)16(17-3)19-11-13-7-6-8-18-15(13)21-5-2;/h6-8,14H,4-5,9-12H2,1-3H3,(H,17,19);1H. The number of rotatable bonds is 5. The second kappa shape index (κ2) is 11.0. The largest absolute Gasteiger partial charge is 0.478 e. The highest BCUT2D eigenvalue weighted by Crippen LogP contribution is 2.21. The fourth-order valence-electron chi connectivity index (χ4n) is 2.49. The summed E-state index contributed by atoms with van der Waals surface area (Å²) in [6, 6.07) is 3.98. The molecule has 1 aliphatic heterocycles. The monoisotopic (exact) mass is 450 g/mol. The summed E-state index contributed by atoms with van der Waals surface area (Å²) < 4.78 is 5.57. The SMILES string of the molecule is CCOc1ncccc1CNC(=NC)N1CCSC(CC)C1.I. The Morgan fingerprint density at radius 3 is 3.04 bits per heavy atom. The van der Waals surface area contributed by atoms with Crippen molar-refractivity contribution in [3.05, 3.63) is 23.9 Å². The van der Waals surface area contributed by atoms with Crippen molar-refractivity contribution in [3.8, 4) is 5.88 Å². The number of pyridine rings is 1. The molecule has 0 aliphatic carbocycles. The third-order valence-electron chi connectivity index (χ3n) is 3.67. The van der Waals surface area contributed by atoms with Crippen LogP contribution in [0.5, 0.6) is 5.88 Å². The molecule has 1 aromatic rings. The molecule has 23 heavy (non-hydrogen) atoms. The van der Waals surface area contributed by atoms with E-state index in [9.17, 15) is 0 Å². The average molecular weight is 450 g/mol. The Hall–Kier alpha value is -0.700. The van der Waals surface area contributed by atoms with Crippen LogP contribution >= 0.6 is 35.7 Å². The highest BCUT2D eigenvalue weighted by molar-refractivity contribution is 14.0. The first-order valence-corrected chi connectivity index (χ1v) is 8.97.